The first-order valence-electron chi connectivity index (χ1n) is 3.33. The Labute approximate surface area is 64.1 Å². The van der Waals surface area contributed by atoms with Crippen molar-refractivity contribution in [1.82, 2.24) is 5.06 Å². The SMILES string of the molecule is CC=C1C(=O)N(O)C(=O)C1C. The van der Waals surface area contributed by atoms with Crippen LogP contribution in [0.4, 0.5) is 0 Å². The van der Waals surface area contributed by atoms with Crippen molar-refractivity contribution in [2.75, 3.05) is 0 Å². The van der Waals surface area contributed by atoms with Crippen LogP contribution in [0.15, 0.2) is 11.6 Å². The van der Waals surface area contributed by atoms with Gasteiger partial charge in [0.05, 0.1) is 5.92 Å². The van der Waals surface area contributed by atoms with Gasteiger partial charge in [-0.2, -0.15) is 5.06 Å². The zero-order valence-electron chi connectivity index (χ0n) is 6.37. The van der Waals surface area contributed by atoms with Crippen LogP contribution in [0.2, 0.25) is 0 Å². The first kappa shape index (κ1) is 7.94. The minimum Gasteiger partial charge on any atom is -0.278 e. The topological polar surface area (TPSA) is 57.6 Å². The van der Waals surface area contributed by atoms with Gasteiger partial charge in [-0.1, -0.05) is 6.08 Å². The molecule has 1 aliphatic rings. The van der Waals surface area contributed by atoms with Crippen molar-refractivity contribution in [3.63, 3.8) is 0 Å². The van der Waals surface area contributed by atoms with Crippen LogP contribution >= 0.6 is 0 Å². The molecule has 0 bridgehead atoms. The number of nitrogens with zero attached hydrogens (tertiary/aromatic N) is 1. The Balaban J connectivity index is 3.05. The normalized spacial score (nSPS) is 28.8. The number of rotatable bonds is 0. The Bertz CT molecular complexity index is 244. The van der Waals surface area contributed by atoms with Gasteiger partial charge in [0.25, 0.3) is 11.8 Å². The summed E-state index contributed by atoms with van der Waals surface area (Å²) in [6, 6.07) is 0. The molecule has 0 radical (unpaired) electrons. The molecule has 2 amide bonds. The molecule has 1 fully saturated rings. The maximum atomic E-state index is 10.9. The molecule has 0 aromatic rings. The van der Waals surface area contributed by atoms with E-state index >= 15 is 0 Å². The Morgan fingerprint density at radius 1 is 1.55 bits per heavy atom. The first-order chi connectivity index (χ1) is 5.09. The van der Waals surface area contributed by atoms with E-state index < -0.39 is 17.7 Å². The van der Waals surface area contributed by atoms with Crippen LogP contribution in [0.1, 0.15) is 13.8 Å². The lowest BCUT2D eigenvalue weighted by atomic mass is 10.0. The van der Waals surface area contributed by atoms with Gasteiger partial charge in [0, 0.05) is 5.57 Å². The molecule has 0 aliphatic carbocycles. The second kappa shape index (κ2) is 2.47. The predicted octanol–water partition coefficient (Wildman–Crippen LogP) is 0.327. The fourth-order valence-corrected chi connectivity index (χ4v) is 1.10. The van der Waals surface area contributed by atoms with Crippen molar-refractivity contribution in [3.05, 3.63) is 11.6 Å². The fourth-order valence-electron chi connectivity index (χ4n) is 1.10. The zero-order valence-corrected chi connectivity index (χ0v) is 6.37. The molecule has 1 saturated heterocycles. The quantitative estimate of drug-likeness (QED) is 0.311. The number of carbonyl (C=O) groups is 2. The van der Waals surface area contributed by atoms with E-state index in [4.69, 9.17) is 5.21 Å². The molecule has 1 aliphatic heterocycles. The molecule has 1 atom stereocenters. The summed E-state index contributed by atoms with van der Waals surface area (Å²) in [6.45, 7) is 3.25. The van der Waals surface area contributed by atoms with Crippen molar-refractivity contribution < 1.29 is 14.8 Å². The summed E-state index contributed by atoms with van der Waals surface area (Å²) in [6.07, 6.45) is 1.54. The van der Waals surface area contributed by atoms with Gasteiger partial charge in [0.2, 0.25) is 0 Å². The average Bonchev–Trinajstić information content (AvgIpc) is 2.17. The van der Waals surface area contributed by atoms with Crippen molar-refractivity contribution >= 4 is 11.8 Å². The molecular weight excluding hydrogens is 146 g/mol. The van der Waals surface area contributed by atoms with E-state index in [1.807, 2.05) is 0 Å². The summed E-state index contributed by atoms with van der Waals surface area (Å²) in [4.78, 5) is 21.8. The van der Waals surface area contributed by atoms with E-state index in [0.717, 1.165) is 0 Å². The molecule has 60 valence electrons. The summed E-state index contributed by atoms with van der Waals surface area (Å²) in [5.74, 6) is -1.66. The Kier molecular flexibility index (Phi) is 1.78. The Morgan fingerprint density at radius 2 is 2.09 bits per heavy atom. The van der Waals surface area contributed by atoms with E-state index in [2.05, 4.69) is 0 Å². The van der Waals surface area contributed by atoms with Crippen molar-refractivity contribution in [3.8, 4) is 0 Å². The number of allylic oxidation sites excluding steroid dienone is 1. The second-order valence-corrected chi connectivity index (χ2v) is 2.42. The van der Waals surface area contributed by atoms with E-state index in [9.17, 15) is 9.59 Å². The third-order valence-electron chi connectivity index (χ3n) is 1.80. The summed E-state index contributed by atoms with van der Waals surface area (Å²) >= 11 is 0. The zero-order chi connectivity index (χ0) is 8.59. The largest absolute Gasteiger partial charge is 0.281 e. The monoisotopic (exact) mass is 155 g/mol. The van der Waals surface area contributed by atoms with E-state index in [-0.39, 0.29) is 5.06 Å². The minimum atomic E-state index is -0.606. The third-order valence-corrected chi connectivity index (χ3v) is 1.80. The van der Waals surface area contributed by atoms with E-state index in [1.54, 1.807) is 19.9 Å². The number of hydrogen-bond donors (Lipinski definition) is 1. The summed E-state index contributed by atoms with van der Waals surface area (Å²) < 4.78 is 0. The van der Waals surface area contributed by atoms with Crippen LogP contribution in [0.5, 0.6) is 0 Å². The molecule has 1 heterocycles. The highest BCUT2D eigenvalue weighted by atomic mass is 16.5. The van der Waals surface area contributed by atoms with Crippen LogP contribution in [0.3, 0.4) is 0 Å². The molecule has 0 aromatic carbocycles. The van der Waals surface area contributed by atoms with Gasteiger partial charge in [-0.05, 0) is 13.8 Å². The number of carbonyl (C=O) groups excluding carboxylic acids is 2. The highest BCUT2D eigenvalue weighted by molar-refractivity contribution is 6.13. The molecule has 0 aromatic heterocycles. The molecule has 4 nitrogen and oxygen atoms in total. The standard InChI is InChI=1S/C7H9NO3/c1-3-5-4(2)6(9)8(11)7(5)10/h3-4,11H,1-2H3. The second-order valence-electron chi connectivity index (χ2n) is 2.42. The average molecular weight is 155 g/mol. The maximum absolute atomic E-state index is 10.9. The fraction of sp³-hybridized carbons (Fsp3) is 0.429. The summed E-state index contributed by atoms with van der Waals surface area (Å²) in [7, 11) is 0. The Morgan fingerprint density at radius 3 is 2.27 bits per heavy atom. The van der Waals surface area contributed by atoms with E-state index in [1.165, 1.54) is 0 Å². The van der Waals surface area contributed by atoms with Gasteiger partial charge in [-0.3, -0.25) is 14.8 Å². The van der Waals surface area contributed by atoms with Crippen LogP contribution in [0.25, 0.3) is 0 Å². The van der Waals surface area contributed by atoms with Gasteiger partial charge in [-0.15, -0.1) is 0 Å². The van der Waals surface area contributed by atoms with Gasteiger partial charge in [0.15, 0.2) is 0 Å². The van der Waals surface area contributed by atoms with Crippen molar-refractivity contribution in [2.24, 2.45) is 5.92 Å². The molecule has 1 N–H and O–H groups in total. The highest BCUT2D eigenvalue weighted by Gasteiger charge is 2.39. The minimum absolute atomic E-state index is 0.167. The Hall–Kier alpha value is -1.16. The molecule has 0 saturated carbocycles. The number of imide groups is 1. The van der Waals surface area contributed by atoms with Crippen LogP contribution in [0, 0.1) is 5.92 Å². The van der Waals surface area contributed by atoms with Crippen molar-refractivity contribution in [1.29, 1.82) is 0 Å². The molecule has 11 heavy (non-hydrogen) atoms. The number of amides is 2. The van der Waals surface area contributed by atoms with Gasteiger partial charge in [-0.25, -0.2) is 0 Å². The van der Waals surface area contributed by atoms with Crippen LogP contribution in [-0.4, -0.2) is 22.1 Å². The van der Waals surface area contributed by atoms with E-state index in [0.29, 0.717) is 5.57 Å². The number of hydroxylamine groups is 2. The summed E-state index contributed by atoms with van der Waals surface area (Å²) in [5.41, 5.74) is 0.359. The number of hydrogen-bond acceptors (Lipinski definition) is 3. The smallest absolute Gasteiger partial charge is 0.278 e. The van der Waals surface area contributed by atoms with Gasteiger partial charge < -0.3 is 0 Å². The van der Waals surface area contributed by atoms with Crippen molar-refractivity contribution in [2.45, 2.75) is 13.8 Å². The molecular formula is C7H9NO3. The van der Waals surface area contributed by atoms with Crippen LogP contribution in [-0.2, 0) is 9.59 Å². The lowest BCUT2D eigenvalue weighted by Crippen LogP contribution is -2.25. The van der Waals surface area contributed by atoms with Crippen LogP contribution < -0.4 is 0 Å². The predicted molar refractivity (Wildman–Crippen MR) is 36.6 cm³/mol. The summed E-state index contributed by atoms with van der Waals surface area (Å²) in [5, 5.41) is 9.00. The lowest BCUT2D eigenvalue weighted by Gasteiger charge is -1.99. The highest BCUT2D eigenvalue weighted by Crippen LogP contribution is 2.22. The molecule has 0 spiro atoms. The van der Waals surface area contributed by atoms with Gasteiger partial charge in [0.1, 0.15) is 0 Å². The molecule has 1 rings (SSSR count). The third kappa shape index (κ3) is 0.952. The molecule has 4 heteroatoms. The lowest BCUT2D eigenvalue weighted by molar-refractivity contribution is -0.171. The maximum Gasteiger partial charge on any atom is 0.281 e. The molecule has 1 unspecified atom stereocenters. The first-order valence-corrected chi connectivity index (χ1v) is 3.33. The van der Waals surface area contributed by atoms with Gasteiger partial charge >= 0.3 is 0 Å².